The van der Waals surface area contributed by atoms with Crippen LogP contribution in [0, 0.1) is 23.7 Å². The molecular formula is C58H42N4O5. The van der Waals surface area contributed by atoms with Crippen LogP contribution in [0.25, 0.3) is 22.9 Å². The van der Waals surface area contributed by atoms with Crippen molar-refractivity contribution in [3.63, 3.8) is 0 Å². The van der Waals surface area contributed by atoms with Crippen LogP contribution in [0.5, 0.6) is 17.2 Å². The molecule has 0 aliphatic rings. The molecule has 324 valence electrons. The number of hydrogen-bond donors (Lipinski definition) is 0. The van der Waals surface area contributed by atoms with Gasteiger partial charge in [0.15, 0.2) is 0 Å². The molecule has 0 saturated heterocycles. The molecular weight excluding hydrogens is 833 g/mol. The maximum atomic E-state index is 11.3. The van der Waals surface area contributed by atoms with Crippen molar-refractivity contribution in [1.29, 1.82) is 0 Å². The van der Waals surface area contributed by atoms with Crippen LogP contribution in [-0.2, 0) is 0 Å². The van der Waals surface area contributed by atoms with Crippen LogP contribution in [0.4, 0.5) is 34.1 Å². The Labute approximate surface area is 389 Å². The van der Waals surface area contributed by atoms with Crippen molar-refractivity contribution in [3.05, 3.63) is 222 Å². The highest BCUT2D eigenvalue weighted by Gasteiger charge is 2.15. The second kappa shape index (κ2) is 20.0. The van der Waals surface area contributed by atoms with E-state index in [1.165, 1.54) is 0 Å². The molecule has 9 nitrogen and oxygen atoms in total. The fourth-order valence-corrected chi connectivity index (χ4v) is 7.32. The fraction of sp³-hybridized carbons (Fsp3) is 0.0517. The van der Waals surface area contributed by atoms with E-state index in [-0.39, 0.29) is 0 Å². The molecule has 0 aliphatic heterocycles. The first kappa shape index (κ1) is 43.0. The van der Waals surface area contributed by atoms with E-state index in [9.17, 15) is 4.79 Å². The van der Waals surface area contributed by atoms with E-state index < -0.39 is 0 Å². The molecule has 0 fully saturated rings. The second-order valence-corrected chi connectivity index (χ2v) is 15.1. The molecule has 8 aromatic carbocycles. The number of methoxy groups -OCH3 is 3. The number of ether oxygens (including phenoxy) is 3. The molecule has 0 saturated carbocycles. The summed E-state index contributed by atoms with van der Waals surface area (Å²) in [7, 11) is 4.97. The lowest BCUT2D eigenvalue weighted by atomic mass is 10.1. The Kier molecular flexibility index (Phi) is 12.8. The van der Waals surface area contributed by atoms with Gasteiger partial charge in [-0.15, -0.1) is 10.2 Å². The van der Waals surface area contributed by atoms with Gasteiger partial charge < -0.3 is 28.4 Å². The Morgan fingerprint density at radius 1 is 0.373 bits per heavy atom. The summed E-state index contributed by atoms with van der Waals surface area (Å²) in [6.07, 6.45) is 0.841. The molecule has 0 amide bonds. The molecule has 1 heterocycles. The predicted octanol–water partition coefficient (Wildman–Crippen LogP) is 13.0. The highest BCUT2D eigenvalue weighted by molar-refractivity contribution is 5.81. The molecule has 0 spiro atoms. The SMILES string of the molecule is COc1ccc(N(c2ccc(C#Cc3ccc(-c4nnc(-c5ccc(C#Cc6ccc(N(c7ccc(OC)cc7)c7ccc(OC)cc7)cc6)cc5)o4)cc3)cc2)c2ccc(C=O)cc2)cc1. The summed E-state index contributed by atoms with van der Waals surface area (Å²) in [6, 6.07) is 63.0. The van der Waals surface area contributed by atoms with Crippen LogP contribution >= 0.6 is 0 Å². The topological polar surface area (TPSA) is 90.2 Å². The van der Waals surface area contributed by atoms with E-state index >= 15 is 0 Å². The molecule has 0 radical (unpaired) electrons. The molecule has 0 atom stereocenters. The van der Waals surface area contributed by atoms with Crippen molar-refractivity contribution in [2.24, 2.45) is 0 Å². The van der Waals surface area contributed by atoms with Crippen molar-refractivity contribution in [1.82, 2.24) is 10.2 Å². The summed E-state index contributed by atoms with van der Waals surface area (Å²) in [5.41, 5.74) is 11.4. The van der Waals surface area contributed by atoms with Crippen molar-refractivity contribution in [2.45, 2.75) is 0 Å². The Hall–Kier alpha value is -9.31. The van der Waals surface area contributed by atoms with E-state index in [0.717, 1.165) is 91.0 Å². The first-order chi connectivity index (χ1) is 33.0. The Morgan fingerprint density at radius 3 is 0.896 bits per heavy atom. The highest BCUT2D eigenvalue weighted by Crippen LogP contribution is 2.37. The average molecular weight is 875 g/mol. The Morgan fingerprint density at radius 2 is 0.627 bits per heavy atom. The van der Waals surface area contributed by atoms with E-state index in [2.05, 4.69) is 55.8 Å². The van der Waals surface area contributed by atoms with Gasteiger partial charge in [-0.05, 0) is 194 Å². The van der Waals surface area contributed by atoms with Gasteiger partial charge in [0.1, 0.15) is 23.5 Å². The third kappa shape index (κ3) is 10.1. The number of rotatable bonds is 12. The zero-order chi connectivity index (χ0) is 46.0. The number of aromatic nitrogens is 2. The van der Waals surface area contributed by atoms with Gasteiger partial charge in [0.2, 0.25) is 11.8 Å². The summed E-state index contributed by atoms with van der Waals surface area (Å²) in [4.78, 5) is 15.6. The lowest BCUT2D eigenvalue weighted by molar-refractivity contribution is 0.112. The largest absolute Gasteiger partial charge is 0.497 e. The van der Waals surface area contributed by atoms with E-state index in [0.29, 0.717) is 17.3 Å². The number of hydrogen-bond acceptors (Lipinski definition) is 9. The summed E-state index contributed by atoms with van der Waals surface area (Å²) in [6.45, 7) is 0. The van der Waals surface area contributed by atoms with Gasteiger partial charge in [-0.25, -0.2) is 0 Å². The molecule has 0 bridgehead atoms. The molecule has 9 rings (SSSR count). The third-order valence-corrected chi connectivity index (χ3v) is 10.9. The predicted molar refractivity (Wildman–Crippen MR) is 264 cm³/mol. The minimum atomic E-state index is 0.414. The maximum Gasteiger partial charge on any atom is 0.248 e. The minimum absolute atomic E-state index is 0.414. The van der Waals surface area contributed by atoms with Crippen molar-refractivity contribution < 1.29 is 23.4 Å². The van der Waals surface area contributed by atoms with Crippen LogP contribution in [0.2, 0.25) is 0 Å². The first-order valence-corrected chi connectivity index (χ1v) is 21.3. The summed E-state index contributed by atoms with van der Waals surface area (Å²) in [5, 5.41) is 8.64. The van der Waals surface area contributed by atoms with Gasteiger partial charge in [0.25, 0.3) is 0 Å². The van der Waals surface area contributed by atoms with Crippen LogP contribution in [0.1, 0.15) is 32.6 Å². The number of benzene rings is 8. The van der Waals surface area contributed by atoms with Crippen LogP contribution < -0.4 is 24.0 Å². The Bertz CT molecular complexity index is 3170. The van der Waals surface area contributed by atoms with Gasteiger partial charge in [-0.3, -0.25) is 4.79 Å². The first-order valence-electron chi connectivity index (χ1n) is 21.3. The van der Waals surface area contributed by atoms with E-state index in [1.807, 2.05) is 182 Å². The normalized spacial score (nSPS) is 10.4. The van der Waals surface area contributed by atoms with E-state index in [4.69, 9.17) is 18.6 Å². The summed E-state index contributed by atoms with van der Waals surface area (Å²) in [5.74, 6) is 16.3. The molecule has 9 aromatic rings. The van der Waals surface area contributed by atoms with Crippen LogP contribution in [0.15, 0.2) is 199 Å². The van der Waals surface area contributed by atoms with Gasteiger partial charge in [0, 0.05) is 73.1 Å². The number of anilines is 6. The lowest BCUT2D eigenvalue weighted by Crippen LogP contribution is -2.10. The zero-order valence-electron chi connectivity index (χ0n) is 36.9. The van der Waals surface area contributed by atoms with Gasteiger partial charge >= 0.3 is 0 Å². The number of nitrogens with zero attached hydrogens (tertiary/aromatic N) is 4. The standard InChI is InChI=1S/C58H42N4O5/c1-64-54-34-28-51(29-35-54)61(50-26-16-45(40-63)17-27-50)48-22-12-43(13-23-48)6-4-41-8-18-46(19-9-41)57-59-60-58(67-57)47-20-10-42(11-21-47)5-7-44-14-24-49(25-15-44)62(52-30-36-55(65-2)37-31-52)53-32-38-56(66-3)39-33-53/h8-40H,1-3H3. The number of carbonyl (C=O) groups excluding carboxylic acids is 1. The molecule has 0 N–H and O–H groups in total. The summed E-state index contributed by atoms with van der Waals surface area (Å²) < 4.78 is 22.2. The van der Waals surface area contributed by atoms with Gasteiger partial charge in [-0.2, -0.15) is 0 Å². The fourth-order valence-electron chi connectivity index (χ4n) is 7.32. The Balaban J connectivity index is 0.842. The monoisotopic (exact) mass is 874 g/mol. The van der Waals surface area contributed by atoms with Crippen molar-refractivity contribution in [2.75, 3.05) is 31.1 Å². The number of carbonyl (C=O) groups is 1. The third-order valence-electron chi connectivity index (χ3n) is 10.9. The van der Waals surface area contributed by atoms with Crippen LogP contribution in [0.3, 0.4) is 0 Å². The molecule has 9 heteroatoms. The van der Waals surface area contributed by atoms with Crippen molar-refractivity contribution in [3.8, 4) is 63.8 Å². The maximum absolute atomic E-state index is 11.3. The smallest absolute Gasteiger partial charge is 0.248 e. The zero-order valence-corrected chi connectivity index (χ0v) is 36.9. The second-order valence-electron chi connectivity index (χ2n) is 15.1. The molecule has 1 aromatic heterocycles. The van der Waals surface area contributed by atoms with Crippen molar-refractivity contribution >= 4 is 40.4 Å². The minimum Gasteiger partial charge on any atom is -0.497 e. The lowest BCUT2D eigenvalue weighted by Gasteiger charge is -2.25. The molecule has 0 aliphatic carbocycles. The van der Waals surface area contributed by atoms with Crippen LogP contribution in [-0.4, -0.2) is 37.8 Å². The average Bonchev–Trinajstić information content (AvgIpc) is 3.90. The highest BCUT2D eigenvalue weighted by atomic mass is 16.5. The number of aldehydes is 1. The summed E-state index contributed by atoms with van der Waals surface area (Å²) >= 11 is 0. The van der Waals surface area contributed by atoms with Gasteiger partial charge in [0.05, 0.1) is 21.3 Å². The van der Waals surface area contributed by atoms with E-state index in [1.54, 1.807) is 21.3 Å². The quantitative estimate of drug-likeness (QED) is 0.0879. The molecule has 67 heavy (non-hydrogen) atoms. The molecule has 0 unspecified atom stereocenters. The van der Waals surface area contributed by atoms with Gasteiger partial charge in [-0.1, -0.05) is 23.7 Å².